The summed E-state index contributed by atoms with van der Waals surface area (Å²) in [5, 5.41) is 9.10. The highest BCUT2D eigenvalue weighted by Crippen LogP contribution is 2.30. The van der Waals surface area contributed by atoms with Crippen LogP contribution in [0.4, 0.5) is 4.39 Å². The van der Waals surface area contributed by atoms with Gasteiger partial charge in [-0.25, -0.2) is 4.39 Å². The minimum atomic E-state index is -0.896. The van der Waals surface area contributed by atoms with Crippen LogP contribution >= 0.6 is 0 Å². The predicted molar refractivity (Wildman–Crippen MR) is 68.8 cm³/mol. The highest BCUT2D eigenvalue weighted by molar-refractivity contribution is 5.81. The molecule has 5 nitrogen and oxygen atoms in total. The standard InChI is InChI=1S/C14H16FNO4/c1-14(13(18)19)6-7-16(9-14)12(17)8-20-11-4-2-10(15)3-5-11/h2-5H,6-9H2,1H3,(H,18,19)/t14-/m0/s1. The topological polar surface area (TPSA) is 66.8 Å². The number of benzene rings is 1. The number of carboxylic acid groups (broad SMARTS) is 1. The molecule has 1 aromatic rings. The maximum absolute atomic E-state index is 12.7. The lowest BCUT2D eigenvalue weighted by atomic mass is 9.90. The molecule has 1 amide bonds. The normalized spacial score (nSPS) is 21.8. The molecular weight excluding hydrogens is 265 g/mol. The summed E-state index contributed by atoms with van der Waals surface area (Å²) >= 11 is 0. The first kappa shape index (κ1) is 14.3. The van der Waals surface area contributed by atoms with Crippen LogP contribution in [0.5, 0.6) is 5.75 Å². The third-order valence-corrected chi connectivity index (χ3v) is 3.52. The third-order valence-electron chi connectivity index (χ3n) is 3.52. The Morgan fingerprint density at radius 3 is 2.60 bits per heavy atom. The molecule has 108 valence electrons. The van der Waals surface area contributed by atoms with E-state index in [9.17, 15) is 14.0 Å². The number of carbonyl (C=O) groups is 2. The van der Waals surface area contributed by atoms with Gasteiger partial charge in [0.05, 0.1) is 5.41 Å². The highest BCUT2D eigenvalue weighted by atomic mass is 19.1. The Balaban J connectivity index is 1.87. The first-order valence-corrected chi connectivity index (χ1v) is 6.30. The molecule has 1 heterocycles. The average molecular weight is 281 g/mol. The van der Waals surface area contributed by atoms with Gasteiger partial charge in [0.1, 0.15) is 11.6 Å². The average Bonchev–Trinajstić information content (AvgIpc) is 2.82. The van der Waals surface area contributed by atoms with Crippen LogP contribution in [0.25, 0.3) is 0 Å². The van der Waals surface area contributed by atoms with Gasteiger partial charge >= 0.3 is 5.97 Å². The van der Waals surface area contributed by atoms with Crippen molar-refractivity contribution in [3.8, 4) is 5.75 Å². The molecular formula is C14H16FNO4. The van der Waals surface area contributed by atoms with E-state index >= 15 is 0 Å². The van der Waals surface area contributed by atoms with Crippen molar-refractivity contribution in [3.05, 3.63) is 30.1 Å². The van der Waals surface area contributed by atoms with Gasteiger partial charge in [0.2, 0.25) is 0 Å². The van der Waals surface area contributed by atoms with Crippen LogP contribution in [0.15, 0.2) is 24.3 Å². The van der Waals surface area contributed by atoms with Crippen molar-refractivity contribution in [3.63, 3.8) is 0 Å². The largest absolute Gasteiger partial charge is 0.484 e. The molecule has 0 radical (unpaired) electrons. The fraction of sp³-hybridized carbons (Fsp3) is 0.429. The fourth-order valence-electron chi connectivity index (χ4n) is 2.12. The van der Waals surface area contributed by atoms with Crippen LogP contribution in [0.2, 0.25) is 0 Å². The van der Waals surface area contributed by atoms with E-state index < -0.39 is 11.4 Å². The molecule has 1 aliphatic rings. The number of aliphatic carboxylic acids is 1. The van der Waals surface area contributed by atoms with E-state index in [0.29, 0.717) is 18.7 Å². The number of hydrogen-bond acceptors (Lipinski definition) is 3. The van der Waals surface area contributed by atoms with E-state index in [0.717, 1.165) is 0 Å². The summed E-state index contributed by atoms with van der Waals surface area (Å²) in [6.45, 7) is 2.05. The van der Waals surface area contributed by atoms with Crippen LogP contribution < -0.4 is 4.74 Å². The molecule has 1 aliphatic heterocycles. The molecule has 1 N–H and O–H groups in total. The lowest BCUT2D eigenvalue weighted by molar-refractivity contribution is -0.147. The van der Waals surface area contributed by atoms with Gasteiger partial charge in [-0.1, -0.05) is 0 Å². The Morgan fingerprint density at radius 2 is 2.05 bits per heavy atom. The SMILES string of the molecule is C[C@]1(C(=O)O)CCN(C(=O)COc2ccc(F)cc2)C1. The molecule has 0 saturated carbocycles. The second-order valence-electron chi connectivity index (χ2n) is 5.17. The maximum atomic E-state index is 12.7. The highest BCUT2D eigenvalue weighted by Gasteiger charge is 2.42. The zero-order valence-corrected chi connectivity index (χ0v) is 11.1. The third kappa shape index (κ3) is 3.07. The number of carboxylic acids is 1. The van der Waals surface area contributed by atoms with Gasteiger partial charge in [0.15, 0.2) is 6.61 Å². The van der Waals surface area contributed by atoms with Gasteiger partial charge in [0, 0.05) is 13.1 Å². The Hall–Kier alpha value is -2.11. The summed E-state index contributed by atoms with van der Waals surface area (Å²) in [5.74, 6) is -1.13. The predicted octanol–water partition coefficient (Wildman–Crippen LogP) is 1.53. The number of ether oxygens (including phenoxy) is 1. The van der Waals surface area contributed by atoms with Crippen molar-refractivity contribution in [2.45, 2.75) is 13.3 Å². The molecule has 0 bridgehead atoms. The molecule has 2 rings (SSSR count). The van der Waals surface area contributed by atoms with Crippen LogP contribution in [0.1, 0.15) is 13.3 Å². The van der Waals surface area contributed by atoms with Crippen LogP contribution in [0.3, 0.4) is 0 Å². The Bertz CT molecular complexity index is 516. The summed E-state index contributed by atoms with van der Waals surface area (Å²) in [4.78, 5) is 24.5. The second kappa shape index (κ2) is 5.48. The minimum Gasteiger partial charge on any atom is -0.484 e. The summed E-state index contributed by atoms with van der Waals surface area (Å²) in [6, 6.07) is 5.37. The van der Waals surface area contributed by atoms with E-state index in [2.05, 4.69) is 0 Å². The van der Waals surface area contributed by atoms with Crippen molar-refractivity contribution in [1.29, 1.82) is 0 Å². The summed E-state index contributed by atoms with van der Waals surface area (Å²) in [7, 11) is 0. The van der Waals surface area contributed by atoms with Crippen molar-refractivity contribution >= 4 is 11.9 Å². The fourth-order valence-corrected chi connectivity index (χ4v) is 2.12. The maximum Gasteiger partial charge on any atom is 0.311 e. The van der Waals surface area contributed by atoms with Gasteiger partial charge in [-0.3, -0.25) is 9.59 Å². The lowest BCUT2D eigenvalue weighted by Crippen LogP contribution is -2.37. The number of carbonyl (C=O) groups excluding carboxylic acids is 1. The smallest absolute Gasteiger partial charge is 0.311 e. The van der Waals surface area contributed by atoms with Crippen LogP contribution in [-0.4, -0.2) is 41.6 Å². The molecule has 6 heteroatoms. The monoisotopic (exact) mass is 281 g/mol. The first-order valence-electron chi connectivity index (χ1n) is 6.30. The van der Waals surface area contributed by atoms with Crippen molar-refractivity contribution in [2.24, 2.45) is 5.41 Å². The number of nitrogens with zero attached hydrogens (tertiary/aromatic N) is 1. The molecule has 1 saturated heterocycles. The summed E-state index contributed by atoms with van der Waals surface area (Å²) < 4.78 is 18.0. The van der Waals surface area contributed by atoms with E-state index in [1.807, 2.05) is 0 Å². The van der Waals surface area contributed by atoms with Gasteiger partial charge in [-0.15, -0.1) is 0 Å². The molecule has 0 unspecified atom stereocenters. The molecule has 1 aromatic carbocycles. The Morgan fingerprint density at radius 1 is 1.40 bits per heavy atom. The molecule has 0 spiro atoms. The Labute approximate surface area is 116 Å². The van der Waals surface area contributed by atoms with Gasteiger partial charge < -0.3 is 14.7 Å². The molecule has 20 heavy (non-hydrogen) atoms. The van der Waals surface area contributed by atoms with Crippen molar-refractivity contribution in [1.82, 2.24) is 4.90 Å². The zero-order valence-electron chi connectivity index (χ0n) is 11.1. The molecule has 1 fully saturated rings. The van der Waals surface area contributed by atoms with E-state index in [1.165, 1.54) is 29.2 Å². The number of amides is 1. The van der Waals surface area contributed by atoms with Crippen molar-refractivity contribution in [2.75, 3.05) is 19.7 Å². The molecule has 0 aliphatic carbocycles. The number of rotatable bonds is 4. The summed E-state index contributed by atoms with van der Waals surface area (Å²) in [6.07, 6.45) is 0.435. The first-order chi connectivity index (χ1) is 9.40. The van der Waals surface area contributed by atoms with E-state index in [4.69, 9.17) is 9.84 Å². The van der Waals surface area contributed by atoms with E-state index in [1.54, 1.807) is 6.92 Å². The molecule has 1 atom stereocenters. The van der Waals surface area contributed by atoms with Gasteiger partial charge in [0.25, 0.3) is 5.91 Å². The number of likely N-dealkylation sites (tertiary alicyclic amines) is 1. The van der Waals surface area contributed by atoms with Crippen LogP contribution in [0, 0.1) is 11.2 Å². The number of hydrogen-bond donors (Lipinski definition) is 1. The summed E-state index contributed by atoms with van der Waals surface area (Å²) in [5.41, 5.74) is -0.883. The second-order valence-corrected chi connectivity index (χ2v) is 5.17. The van der Waals surface area contributed by atoms with Crippen LogP contribution in [-0.2, 0) is 9.59 Å². The molecule has 0 aromatic heterocycles. The van der Waals surface area contributed by atoms with Crippen molar-refractivity contribution < 1.29 is 23.8 Å². The number of halogens is 1. The Kier molecular flexibility index (Phi) is 3.92. The quantitative estimate of drug-likeness (QED) is 0.908. The van der Waals surface area contributed by atoms with Gasteiger partial charge in [-0.2, -0.15) is 0 Å². The van der Waals surface area contributed by atoms with E-state index in [-0.39, 0.29) is 24.9 Å². The zero-order chi connectivity index (χ0) is 14.8. The van der Waals surface area contributed by atoms with Gasteiger partial charge in [-0.05, 0) is 37.6 Å². The minimum absolute atomic E-state index is 0.179. The lowest BCUT2D eigenvalue weighted by Gasteiger charge is -2.20.